The Bertz CT molecular complexity index is 552. The topological polar surface area (TPSA) is 37.4 Å². The van der Waals surface area contributed by atoms with E-state index < -0.39 is 0 Å². The molecule has 0 N–H and O–H groups in total. The van der Waals surface area contributed by atoms with Crippen molar-refractivity contribution >= 4 is 17.5 Å². The van der Waals surface area contributed by atoms with Gasteiger partial charge in [-0.05, 0) is 42.9 Å². The second-order valence-electron chi connectivity index (χ2n) is 6.47. The van der Waals surface area contributed by atoms with Crippen LogP contribution in [0.2, 0.25) is 0 Å². The van der Waals surface area contributed by atoms with Crippen LogP contribution >= 0.6 is 0 Å². The van der Waals surface area contributed by atoms with Crippen LogP contribution in [0.25, 0.3) is 0 Å². The molecule has 3 nitrogen and oxygen atoms in total. The van der Waals surface area contributed by atoms with Crippen molar-refractivity contribution in [1.82, 2.24) is 0 Å². The van der Waals surface area contributed by atoms with Crippen molar-refractivity contribution in [3.63, 3.8) is 0 Å². The molecule has 4 unspecified atom stereocenters. The molecule has 0 aromatic heterocycles. The number of fused-ring (bicyclic) bond motifs is 1. The first kappa shape index (κ1) is 14.3. The highest BCUT2D eigenvalue weighted by Crippen LogP contribution is 2.50. The van der Waals surface area contributed by atoms with Crippen molar-refractivity contribution in [3.05, 3.63) is 29.8 Å². The van der Waals surface area contributed by atoms with E-state index in [1.165, 1.54) is 4.90 Å². The van der Waals surface area contributed by atoms with Crippen LogP contribution in [0, 0.1) is 30.6 Å². The summed E-state index contributed by atoms with van der Waals surface area (Å²) in [6.07, 6.45) is 3.00. The maximum absolute atomic E-state index is 12.8. The Morgan fingerprint density at radius 1 is 1.05 bits per heavy atom. The van der Waals surface area contributed by atoms with Gasteiger partial charge in [0.05, 0.1) is 17.5 Å². The molecule has 2 fully saturated rings. The number of imide groups is 1. The van der Waals surface area contributed by atoms with Crippen molar-refractivity contribution in [2.24, 2.45) is 23.7 Å². The van der Waals surface area contributed by atoms with Gasteiger partial charge in [0.25, 0.3) is 0 Å². The lowest BCUT2D eigenvalue weighted by Gasteiger charge is -2.20. The van der Waals surface area contributed by atoms with Gasteiger partial charge in [0, 0.05) is 0 Å². The van der Waals surface area contributed by atoms with Crippen LogP contribution < -0.4 is 4.90 Å². The molecule has 1 aromatic rings. The third-order valence-corrected chi connectivity index (χ3v) is 5.33. The third-order valence-electron chi connectivity index (χ3n) is 5.33. The number of hydrogen-bond donors (Lipinski definition) is 0. The Kier molecular flexibility index (Phi) is 3.60. The summed E-state index contributed by atoms with van der Waals surface area (Å²) in [7, 11) is 0. The number of benzene rings is 1. The van der Waals surface area contributed by atoms with Crippen LogP contribution in [0.5, 0.6) is 0 Å². The van der Waals surface area contributed by atoms with Crippen LogP contribution in [0.3, 0.4) is 0 Å². The van der Waals surface area contributed by atoms with E-state index in [0.717, 1.165) is 30.5 Å². The zero-order valence-corrected chi connectivity index (χ0v) is 13.0. The highest BCUT2D eigenvalue weighted by atomic mass is 16.2. The molecular weight excluding hydrogens is 262 g/mol. The summed E-state index contributed by atoms with van der Waals surface area (Å²) in [6.45, 7) is 6.25. The Labute approximate surface area is 126 Å². The lowest BCUT2D eigenvalue weighted by Crippen LogP contribution is -2.33. The van der Waals surface area contributed by atoms with Crippen LogP contribution in [0.15, 0.2) is 24.3 Å². The molecule has 4 atom stereocenters. The minimum absolute atomic E-state index is 0.0263. The van der Waals surface area contributed by atoms with Gasteiger partial charge < -0.3 is 0 Å². The average Bonchev–Trinajstić information content (AvgIpc) is 2.96. The van der Waals surface area contributed by atoms with Gasteiger partial charge in [-0.2, -0.15) is 0 Å². The SMILES string of the molecule is CCC1CC(CC)C2C(=O)N(c3cccc(C)c3)C(=O)C12. The van der Waals surface area contributed by atoms with E-state index >= 15 is 0 Å². The maximum Gasteiger partial charge on any atom is 0.237 e. The molecule has 1 aliphatic heterocycles. The van der Waals surface area contributed by atoms with E-state index in [-0.39, 0.29) is 23.7 Å². The van der Waals surface area contributed by atoms with E-state index in [1.54, 1.807) is 0 Å². The number of rotatable bonds is 3. The fraction of sp³-hybridized carbons (Fsp3) is 0.556. The van der Waals surface area contributed by atoms with Gasteiger partial charge >= 0.3 is 0 Å². The molecule has 1 saturated heterocycles. The highest BCUT2D eigenvalue weighted by molar-refractivity contribution is 6.22. The minimum atomic E-state index is -0.0898. The first-order valence-corrected chi connectivity index (χ1v) is 8.02. The number of aryl methyl sites for hydroxylation is 1. The molecule has 1 heterocycles. The smallest absolute Gasteiger partial charge is 0.237 e. The van der Waals surface area contributed by atoms with Crippen LogP contribution in [0.4, 0.5) is 5.69 Å². The lowest BCUT2D eigenvalue weighted by atomic mass is 9.88. The van der Waals surface area contributed by atoms with Gasteiger partial charge in [0.1, 0.15) is 0 Å². The number of hydrogen-bond acceptors (Lipinski definition) is 2. The number of carbonyl (C=O) groups is 2. The summed E-state index contributed by atoms with van der Waals surface area (Å²) < 4.78 is 0. The van der Waals surface area contributed by atoms with E-state index in [4.69, 9.17) is 0 Å². The quantitative estimate of drug-likeness (QED) is 0.796. The average molecular weight is 285 g/mol. The molecule has 1 aliphatic carbocycles. The molecule has 21 heavy (non-hydrogen) atoms. The Balaban J connectivity index is 1.99. The van der Waals surface area contributed by atoms with Crippen molar-refractivity contribution in [2.45, 2.75) is 40.0 Å². The second kappa shape index (κ2) is 5.28. The molecular formula is C18H23NO2. The molecule has 2 amide bonds. The van der Waals surface area contributed by atoms with Gasteiger partial charge in [0.2, 0.25) is 11.8 Å². The predicted molar refractivity (Wildman–Crippen MR) is 82.8 cm³/mol. The number of carbonyl (C=O) groups excluding carboxylic acids is 2. The number of anilines is 1. The van der Waals surface area contributed by atoms with Gasteiger partial charge in [-0.25, -0.2) is 0 Å². The summed E-state index contributed by atoms with van der Waals surface area (Å²) in [5.41, 5.74) is 1.81. The molecule has 0 spiro atoms. The van der Waals surface area contributed by atoms with Gasteiger partial charge in [-0.1, -0.05) is 38.8 Å². The Morgan fingerprint density at radius 2 is 1.62 bits per heavy atom. The molecule has 3 rings (SSSR count). The van der Waals surface area contributed by atoms with Crippen LogP contribution in [-0.2, 0) is 9.59 Å². The monoisotopic (exact) mass is 285 g/mol. The largest absolute Gasteiger partial charge is 0.274 e. The third kappa shape index (κ3) is 2.10. The molecule has 2 aliphatic rings. The molecule has 1 saturated carbocycles. The van der Waals surface area contributed by atoms with E-state index in [0.29, 0.717) is 11.8 Å². The fourth-order valence-electron chi connectivity index (χ4n) is 4.25. The van der Waals surface area contributed by atoms with Crippen LogP contribution in [-0.4, -0.2) is 11.8 Å². The number of amides is 2. The van der Waals surface area contributed by atoms with Crippen molar-refractivity contribution in [3.8, 4) is 0 Å². The summed E-state index contributed by atoms with van der Waals surface area (Å²) in [5, 5.41) is 0. The van der Waals surface area contributed by atoms with Crippen molar-refractivity contribution < 1.29 is 9.59 Å². The van der Waals surface area contributed by atoms with Gasteiger partial charge in [0.15, 0.2) is 0 Å². The second-order valence-corrected chi connectivity index (χ2v) is 6.47. The van der Waals surface area contributed by atoms with E-state index in [1.807, 2.05) is 31.2 Å². The minimum Gasteiger partial charge on any atom is -0.274 e. The molecule has 0 bridgehead atoms. The summed E-state index contributed by atoms with van der Waals surface area (Å²) in [6, 6.07) is 7.69. The van der Waals surface area contributed by atoms with Crippen LogP contribution in [0.1, 0.15) is 38.7 Å². The van der Waals surface area contributed by atoms with Gasteiger partial charge in [-0.15, -0.1) is 0 Å². The molecule has 3 heteroatoms. The fourth-order valence-corrected chi connectivity index (χ4v) is 4.25. The molecule has 1 aromatic carbocycles. The summed E-state index contributed by atoms with van der Waals surface area (Å²) in [4.78, 5) is 27.1. The first-order chi connectivity index (χ1) is 10.1. The van der Waals surface area contributed by atoms with Crippen molar-refractivity contribution in [1.29, 1.82) is 0 Å². The standard InChI is InChI=1S/C18H23NO2/c1-4-12-10-13(5-2)16-15(12)17(20)19(18(16)21)14-8-6-7-11(3)9-14/h6-9,12-13,15-16H,4-5,10H2,1-3H3. The zero-order valence-electron chi connectivity index (χ0n) is 13.0. The zero-order chi connectivity index (χ0) is 15.1. The van der Waals surface area contributed by atoms with Crippen molar-refractivity contribution in [2.75, 3.05) is 4.90 Å². The normalized spacial score (nSPS) is 31.9. The van der Waals surface area contributed by atoms with E-state index in [9.17, 15) is 9.59 Å². The van der Waals surface area contributed by atoms with Gasteiger partial charge in [-0.3, -0.25) is 14.5 Å². The lowest BCUT2D eigenvalue weighted by molar-refractivity contribution is -0.123. The molecule has 112 valence electrons. The maximum atomic E-state index is 12.8. The van der Waals surface area contributed by atoms with E-state index in [2.05, 4.69) is 13.8 Å². The Hall–Kier alpha value is -1.64. The molecule has 0 radical (unpaired) electrons. The number of nitrogens with zero attached hydrogens (tertiary/aromatic N) is 1. The summed E-state index contributed by atoms with van der Waals surface area (Å²) >= 11 is 0. The highest BCUT2D eigenvalue weighted by Gasteiger charge is 2.57. The Morgan fingerprint density at radius 3 is 2.10 bits per heavy atom. The first-order valence-electron chi connectivity index (χ1n) is 8.02. The predicted octanol–water partition coefficient (Wildman–Crippen LogP) is 3.56. The summed E-state index contributed by atoms with van der Waals surface area (Å²) in [5.74, 6) is 0.607.